The summed E-state index contributed by atoms with van der Waals surface area (Å²) in [5.74, 6) is 2.30. The molecule has 1 unspecified atom stereocenters. The molecule has 1 atom stereocenters. The fraction of sp³-hybridized carbons (Fsp3) is 0.429. The van der Waals surface area contributed by atoms with Gasteiger partial charge in [0.2, 0.25) is 0 Å². The number of H-pyrrole nitrogens is 1. The van der Waals surface area contributed by atoms with Crippen LogP contribution in [0.15, 0.2) is 18.2 Å². The Balaban J connectivity index is 2.12. The molecule has 0 aliphatic heterocycles. The number of halogens is 1. The third kappa shape index (κ3) is 1.81. The van der Waals surface area contributed by atoms with Gasteiger partial charge in [-0.2, -0.15) is 0 Å². The van der Waals surface area contributed by atoms with Crippen LogP contribution in [-0.2, 0) is 12.8 Å². The average molecular weight is 250 g/mol. The van der Waals surface area contributed by atoms with Crippen LogP contribution in [0.1, 0.15) is 17.7 Å². The Labute approximate surface area is 106 Å². The first-order valence-electron chi connectivity index (χ1n) is 6.05. The Morgan fingerprint density at radius 1 is 1.47 bits per heavy atom. The van der Waals surface area contributed by atoms with E-state index in [2.05, 4.69) is 17.1 Å². The van der Waals surface area contributed by atoms with Crippen LogP contribution in [0.3, 0.4) is 0 Å². The molecule has 1 aliphatic rings. The van der Waals surface area contributed by atoms with E-state index in [1.165, 1.54) is 28.6 Å². The second-order valence-corrected chi connectivity index (χ2v) is 5.07. The predicted molar refractivity (Wildman–Crippen MR) is 71.1 cm³/mol. The highest BCUT2D eigenvalue weighted by atomic mass is 35.5. The first-order chi connectivity index (χ1) is 8.31. The standard InChI is InChI=1S/C14H16ClNO/c1-17-10-3-5-14-12(7-10)11-6-9(8-15)2-4-13(11)16-14/h3,5,7,9,16H,2,4,6,8H2,1H3. The summed E-state index contributed by atoms with van der Waals surface area (Å²) in [6.45, 7) is 0. The van der Waals surface area contributed by atoms with Gasteiger partial charge in [-0.15, -0.1) is 11.6 Å². The zero-order valence-corrected chi connectivity index (χ0v) is 10.7. The van der Waals surface area contributed by atoms with Crippen molar-refractivity contribution in [3.05, 3.63) is 29.5 Å². The number of methoxy groups -OCH3 is 1. The number of aromatic amines is 1. The number of rotatable bonds is 2. The predicted octanol–water partition coefficient (Wildman–Crippen LogP) is 3.52. The highest BCUT2D eigenvalue weighted by Crippen LogP contribution is 2.33. The Kier molecular flexibility index (Phi) is 2.75. The molecule has 0 amide bonds. The topological polar surface area (TPSA) is 25.0 Å². The molecule has 3 heteroatoms. The van der Waals surface area contributed by atoms with Crippen molar-refractivity contribution in [3.63, 3.8) is 0 Å². The highest BCUT2D eigenvalue weighted by Gasteiger charge is 2.21. The summed E-state index contributed by atoms with van der Waals surface area (Å²) in [5.41, 5.74) is 4.04. The first-order valence-corrected chi connectivity index (χ1v) is 6.58. The van der Waals surface area contributed by atoms with Gasteiger partial charge < -0.3 is 9.72 Å². The van der Waals surface area contributed by atoms with Crippen molar-refractivity contribution in [1.29, 1.82) is 0 Å². The molecular formula is C14H16ClNO. The lowest BCUT2D eigenvalue weighted by atomic mass is 9.87. The van der Waals surface area contributed by atoms with Crippen molar-refractivity contribution in [2.24, 2.45) is 5.92 Å². The summed E-state index contributed by atoms with van der Waals surface area (Å²) in [5, 5.41) is 1.30. The number of aryl methyl sites for hydroxylation is 1. The molecule has 90 valence electrons. The zero-order chi connectivity index (χ0) is 11.8. The molecule has 3 rings (SSSR count). The summed E-state index contributed by atoms with van der Waals surface area (Å²) in [6.07, 6.45) is 3.40. The molecule has 1 heterocycles. The van der Waals surface area contributed by atoms with Gasteiger partial charge in [0, 0.05) is 22.5 Å². The lowest BCUT2D eigenvalue weighted by Gasteiger charge is -2.20. The largest absolute Gasteiger partial charge is 0.497 e. The fourth-order valence-corrected chi connectivity index (χ4v) is 2.99. The number of aromatic nitrogens is 1. The third-order valence-corrected chi connectivity index (χ3v) is 4.15. The number of ether oxygens (including phenoxy) is 1. The molecule has 0 saturated heterocycles. The van der Waals surface area contributed by atoms with Gasteiger partial charge in [-0.05, 0) is 48.9 Å². The molecule has 17 heavy (non-hydrogen) atoms. The molecule has 2 nitrogen and oxygen atoms in total. The summed E-state index contributed by atoms with van der Waals surface area (Å²) < 4.78 is 5.30. The van der Waals surface area contributed by atoms with Gasteiger partial charge >= 0.3 is 0 Å². The van der Waals surface area contributed by atoms with E-state index < -0.39 is 0 Å². The Morgan fingerprint density at radius 2 is 2.35 bits per heavy atom. The molecule has 0 saturated carbocycles. The number of hydrogen-bond acceptors (Lipinski definition) is 1. The van der Waals surface area contributed by atoms with Crippen LogP contribution in [0.4, 0.5) is 0 Å². The second-order valence-electron chi connectivity index (χ2n) is 4.76. The van der Waals surface area contributed by atoms with E-state index in [1.807, 2.05) is 6.07 Å². The van der Waals surface area contributed by atoms with Crippen molar-refractivity contribution < 1.29 is 4.74 Å². The summed E-state index contributed by atoms with van der Waals surface area (Å²) in [7, 11) is 1.71. The summed E-state index contributed by atoms with van der Waals surface area (Å²) >= 11 is 5.99. The highest BCUT2D eigenvalue weighted by molar-refractivity contribution is 6.18. The normalized spacial score (nSPS) is 19.3. The van der Waals surface area contributed by atoms with E-state index in [1.54, 1.807) is 7.11 Å². The number of benzene rings is 1. The minimum Gasteiger partial charge on any atom is -0.497 e. The van der Waals surface area contributed by atoms with Crippen molar-refractivity contribution >= 4 is 22.5 Å². The minimum absolute atomic E-state index is 0.620. The lowest BCUT2D eigenvalue weighted by molar-refractivity contribution is 0.415. The first kappa shape index (κ1) is 11.0. The van der Waals surface area contributed by atoms with Crippen molar-refractivity contribution in [1.82, 2.24) is 4.98 Å². The smallest absolute Gasteiger partial charge is 0.119 e. The molecule has 0 fully saturated rings. The molecule has 1 aromatic heterocycles. The SMILES string of the molecule is COc1ccc2[nH]c3c(c2c1)CC(CCl)CC3. The van der Waals surface area contributed by atoms with Gasteiger partial charge in [-0.3, -0.25) is 0 Å². The van der Waals surface area contributed by atoms with Gasteiger partial charge in [-0.1, -0.05) is 0 Å². The van der Waals surface area contributed by atoms with E-state index in [4.69, 9.17) is 16.3 Å². The van der Waals surface area contributed by atoms with Crippen LogP contribution < -0.4 is 4.74 Å². The van der Waals surface area contributed by atoms with Crippen LogP contribution in [-0.4, -0.2) is 18.0 Å². The van der Waals surface area contributed by atoms with E-state index in [0.29, 0.717) is 5.92 Å². The van der Waals surface area contributed by atoms with E-state index in [-0.39, 0.29) is 0 Å². The number of fused-ring (bicyclic) bond motifs is 3. The van der Waals surface area contributed by atoms with Crippen LogP contribution in [0.2, 0.25) is 0 Å². The van der Waals surface area contributed by atoms with Crippen molar-refractivity contribution in [2.45, 2.75) is 19.3 Å². The molecule has 2 aromatic rings. The monoisotopic (exact) mass is 249 g/mol. The zero-order valence-electron chi connectivity index (χ0n) is 9.92. The molecule has 1 aromatic carbocycles. The Morgan fingerprint density at radius 3 is 3.12 bits per heavy atom. The summed E-state index contributed by atoms with van der Waals surface area (Å²) in [6, 6.07) is 6.23. The fourth-order valence-electron chi connectivity index (χ4n) is 2.73. The maximum absolute atomic E-state index is 5.99. The van der Waals surface area contributed by atoms with E-state index >= 15 is 0 Å². The molecule has 0 spiro atoms. The van der Waals surface area contributed by atoms with Gasteiger partial charge in [0.25, 0.3) is 0 Å². The lowest BCUT2D eigenvalue weighted by Crippen LogP contribution is -2.14. The Hall–Kier alpha value is -1.15. The summed E-state index contributed by atoms with van der Waals surface area (Å²) in [4.78, 5) is 3.51. The van der Waals surface area contributed by atoms with Crippen LogP contribution in [0, 0.1) is 5.92 Å². The van der Waals surface area contributed by atoms with Gasteiger partial charge in [0.15, 0.2) is 0 Å². The second kappa shape index (κ2) is 4.26. The minimum atomic E-state index is 0.620. The van der Waals surface area contributed by atoms with Crippen LogP contribution in [0.5, 0.6) is 5.75 Å². The van der Waals surface area contributed by atoms with Crippen molar-refractivity contribution in [2.75, 3.05) is 13.0 Å². The number of hydrogen-bond donors (Lipinski definition) is 1. The molecule has 1 N–H and O–H groups in total. The molecular weight excluding hydrogens is 234 g/mol. The molecule has 0 radical (unpaired) electrons. The molecule has 0 bridgehead atoms. The number of alkyl halides is 1. The van der Waals surface area contributed by atoms with Gasteiger partial charge in [0.1, 0.15) is 5.75 Å². The van der Waals surface area contributed by atoms with Crippen LogP contribution in [0.25, 0.3) is 10.9 Å². The number of nitrogens with one attached hydrogen (secondary N) is 1. The van der Waals surface area contributed by atoms with Crippen molar-refractivity contribution in [3.8, 4) is 5.75 Å². The maximum Gasteiger partial charge on any atom is 0.119 e. The Bertz CT molecular complexity index is 546. The average Bonchev–Trinajstić information content (AvgIpc) is 2.75. The molecule has 1 aliphatic carbocycles. The van der Waals surface area contributed by atoms with Crippen LogP contribution >= 0.6 is 11.6 Å². The van der Waals surface area contributed by atoms with Gasteiger partial charge in [0.05, 0.1) is 7.11 Å². The maximum atomic E-state index is 5.99. The van der Waals surface area contributed by atoms with E-state index in [9.17, 15) is 0 Å². The quantitative estimate of drug-likeness (QED) is 0.810. The third-order valence-electron chi connectivity index (χ3n) is 3.72. The van der Waals surface area contributed by atoms with E-state index in [0.717, 1.165) is 24.5 Å². The van der Waals surface area contributed by atoms with Gasteiger partial charge in [-0.25, -0.2) is 0 Å².